The number of alkyl halides is 2. The molecule has 2 amide bonds. The van der Waals surface area contributed by atoms with Gasteiger partial charge in [0.05, 0.1) is 23.5 Å². The summed E-state index contributed by atoms with van der Waals surface area (Å²) in [7, 11) is 0. The van der Waals surface area contributed by atoms with E-state index >= 15 is 0 Å². The van der Waals surface area contributed by atoms with Crippen molar-refractivity contribution in [3.8, 4) is 11.3 Å². The Kier molecular flexibility index (Phi) is 7.76. The Morgan fingerprint density at radius 3 is 2.42 bits per heavy atom. The number of rotatable bonds is 8. The molecule has 0 fully saturated rings. The first-order chi connectivity index (χ1) is 15.7. The van der Waals surface area contributed by atoms with Gasteiger partial charge < -0.3 is 10.2 Å². The molecular formula is C24H23F3N4O2. The van der Waals surface area contributed by atoms with E-state index in [0.29, 0.717) is 34.7 Å². The molecule has 0 aliphatic rings. The van der Waals surface area contributed by atoms with Gasteiger partial charge in [0.15, 0.2) is 0 Å². The van der Waals surface area contributed by atoms with Crippen molar-refractivity contribution in [2.45, 2.75) is 26.7 Å². The maximum Gasteiger partial charge on any atom is 0.256 e. The van der Waals surface area contributed by atoms with Gasteiger partial charge in [-0.3, -0.25) is 19.6 Å². The zero-order valence-electron chi connectivity index (χ0n) is 18.2. The second-order valence-electron chi connectivity index (χ2n) is 7.43. The van der Waals surface area contributed by atoms with Crippen LogP contribution in [0.15, 0.2) is 54.9 Å². The van der Waals surface area contributed by atoms with Crippen LogP contribution in [0.4, 0.5) is 18.9 Å². The number of anilines is 1. The molecule has 0 unspecified atom stereocenters. The predicted octanol–water partition coefficient (Wildman–Crippen LogP) is 4.18. The highest BCUT2D eigenvalue weighted by Crippen LogP contribution is 2.26. The molecule has 0 spiro atoms. The predicted molar refractivity (Wildman–Crippen MR) is 119 cm³/mol. The van der Waals surface area contributed by atoms with Crippen molar-refractivity contribution in [2.24, 2.45) is 0 Å². The third-order valence-corrected chi connectivity index (χ3v) is 4.93. The summed E-state index contributed by atoms with van der Waals surface area (Å²) < 4.78 is 40.0. The van der Waals surface area contributed by atoms with Crippen molar-refractivity contribution in [3.05, 3.63) is 77.5 Å². The SMILES string of the molecule is CC(=O)N(CC(F)F)c1ccc(-c2ccc(C(=O)NCCc3ccc(C)nc3)cn2)cc1F. The zero-order chi connectivity index (χ0) is 24.0. The second kappa shape index (κ2) is 10.7. The molecule has 1 N–H and O–H groups in total. The van der Waals surface area contributed by atoms with Crippen molar-refractivity contribution in [1.82, 2.24) is 15.3 Å². The highest BCUT2D eigenvalue weighted by molar-refractivity contribution is 5.94. The summed E-state index contributed by atoms with van der Waals surface area (Å²) in [5.74, 6) is -1.80. The minimum absolute atomic E-state index is 0.230. The van der Waals surface area contributed by atoms with Crippen molar-refractivity contribution in [2.75, 3.05) is 18.0 Å². The molecule has 6 nitrogen and oxygen atoms in total. The van der Waals surface area contributed by atoms with Crippen LogP contribution in [0, 0.1) is 12.7 Å². The first-order valence-corrected chi connectivity index (χ1v) is 10.3. The number of pyridine rings is 2. The minimum atomic E-state index is -2.79. The average Bonchev–Trinajstić information content (AvgIpc) is 2.79. The van der Waals surface area contributed by atoms with E-state index in [2.05, 4.69) is 15.3 Å². The lowest BCUT2D eigenvalue weighted by molar-refractivity contribution is -0.117. The van der Waals surface area contributed by atoms with E-state index in [1.165, 1.54) is 18.3 Å². The quantitative estimate of drug-likeness (QED) is 0.552. The topological polar surface area (TPSA) is 75.2 Å². The Morgan fingerprint density at radius 2 is 1.85 bits per heavy atom. The molecule has 2 heterocycles. The van der Waals surface area contributed by atoms with Crippen LogP contribution in [-0.4, -0.2) is 41.3 Å². The molecule has 1 aromatic carbocycles. The number of hydrogen-bond acceptors (Lipinski definition) is 4. The lowest BCUT2D eigenvalue weighted by atomic mass is 10.1. The Hall–Kier alpha value is -3.75. The van der Waals surface area contributed by atoms with Gasteiger partial charge in [-0.05, 0) is 49.2 Å². The van der Waals surface area contributed by atoms with Gasteiger partial charge >= 0.3 is 0 Å². The number of benzene rings is 1. The molecule has 0 atom stereocenters. The fourth-order valence-corrected chi connectivity index (χ4v) is 3.19. The first kappa shape index (κ1) is 23.9. The number of aromatic nitrogens is 2. The van der Waals surface area contributed by atoms with Crippen LogP contribution < -0.4 is 10.2 Å². The second-order valence-corrected chi connectivity index (χ2v) is 7.43. The number of nitrogens with one attached hydrogen (secondary N) is 1. The Bertz CT molecular complexity index is 1120. The Balaban J connectivity index is 1.65. The molecule has 0 bridgehead atoms. The van der Waals surface area contributed by atoms with Gasteiger partial charge in [-0.15, -0.1) is 0 Å². The summed E-state index contributed by atoms with van der Waals surface area (Å²) >= 11 is 0. The van der Waals surface area contributed by atoms with Gasteiger partial charge in [0, 0.05) is 37.1 Å². The number of halogens is 3. The first-order valence-electron chi connectivity index (χ1n) is 10.3. The number of aryl methyl sites for hydroxylation is 1. The van der Waals surface area contributed by atoms with Crippen LogP contribution in [0.1, 0.15) is 28.5 Å². The van der Waals surface area contributed by atoms with Crippen LogP contribution in [0.5, 0.6) is 0 Å². The average molecular weight is 456 g/mol. The van der Waals surface area contributed by atoms with E-state index in [4.69, 9.17) is 0 Å². The van der Waals surface area contributed by atoms with E-state index in [1.807, 2.05) is 19.1 Å². The van der Waals surface area contributed by atoms with Crippen LogP contribution in [0.25, 0.3) is 11.3 Å². The van der Waals surface area contributed by atoms with E-state index in [0.717, 1.165) is 24.2 Å². The molecule has 33 heavy (non-hydrogen) atoms. The number of amides is 2. The molecule has 2 aromatic heterocycles. The van der Waals surface area contributed by atoms with Crippen LogP contribution >= 0.6 is 0 Å². The molecule has 0 saturated heterocycles. The molecule has 172 valence electrons. The zero-order valence-corrected chi connectivity index (χ0v) is 18.2. The number of nitrogens with zero attached hydrogens (tertiary/aromatic N) is 3. The van der Waals surface area contributed by atoms with Crippen molar-refractivity contribution in [3.63, 3.8) is 0 Å². The molecule has 9 heteroatoms. The summed E-state index contributed by atoms with van der Waals surface area (Å²) in [6.07, 6.45) is 0.995. The molecule has 0 radical (unpaired) electrons. The number of carbonyl (C=O) groups excluding carboxylic acids is 2. The highest BCUT2D eigenvalue weighted by Gasteiger charge is 2.20. The highest BCUT2D eigenvalue weighted by atomic mass is 19.3. The maximum absolute atomic E-state index is 14.6. The summed E-state index contributed by atoms with van der Waals surface area (Å²) in [6, 6.07) is 10.9. The van der Waals surface area contributed by atoms with Crippen molar-refractivity contribution < 1.29 is 22.8 Å². The summed E-state index contributed by atoms with van der Waals surface area (Å²) in [4.78, 5) is 33.1. The van der Waals surface area contributed by atoms with Crippen molar-refractivity contribution >= 4 is 17.5 Å². The van der Waals surface area contributed by atoms with Crippen molar-refractivity contribution in [1.29, 1.82) is 0 Å². The van der Waals surface area contributed by atoms with E-state index in [-0.39, 0.29) is 11.6 Å². The lowest BCUT2D eigenvalue weighted by Gasteiger charge is -2.21. The van der Waals surface area contributed by atoms with Gasteiger partial charge in [-0.1, -0.05) is 12.1 Å². The smallest absolute Gasteiger partial charge is 0.256 e. The van der Waals surface area contributed by atoms with Crippen LogP contribution in [0.3, 0.4) is 0 Å². The third-order valence-electron chi connectivity index (χ3n) is 4.93. The Morgan fingerprint density at radius 1 is 1.06 bits per heavy atom. The lowest BCUT2D eigenvalue weighted by Crippen LogP contribution is -2.33. The van der Waals surface area contributed by atoms with Gasteiger partial charge in [0.2, 0.25) is 5.91 Å². The van der Waals surface area contributed by atoms with E-state index in [1.54, 1.807) is 18.3 Å². The van der Waals surface area contributed by atoms with Gasteiger partial charge in [0.1, 0.15) is 5.82 Å². The maximum atomic E-state index is 14.6. The van der Waals surface area contributed by atoms with E-state index in [9.17, 15) is 22.8 Å². The summed E-state index contributed by atoms with van der Waals surface area (Å²) in [6.45, 7) is 2.54. The molecular weight excluding hydrogens is 433 g/mol. The van der Waals surface area contributed by atoms with Gasteiger partial charge in [-0.25, -0.2) is 13.2 Å². The van der Waals surface area contributed by atoms with Crippen LogP contribution in [-0.2, 0) is 11.2 Å². The fraction of sp³-hybridized carbons (Fsp3) is 0.250. The van der Waals surface area contributed by atoms with E-state index < -0.39 is 24.7 Å². The Labute approximate surface area is 189 Å². The molecule has 3 rings (SSSR count). The monoisotopic (exact) mass is 456 g/mol. The molecule has 3 aromatic rings. The molecule has 0 aliphatic carbocycles. The molecule has 0 aliphatic heterocycles. The number of carbonyl (C=O) groups is 2. The summed E-state index contributed by atoms with van der Waals surface area (Å²) in [5.41, 5.74) is 2.83. The summed E-state index contributed by atoms with van der Waals surface area (Å²) in [5, 5.41) is 2.81. The normalized spacial score (nSPS) is 10.8. The van der Waals surface area contributed by atoms with Gasteiger partial charge in [0.25, 0.3) is 12.3 Å². The third kappa shape index (κ3) is 6.38. The van der Waals surface area contributed by atoms with Gasteiger partial charge in [-0.2, -0.15) is 0 Å². The fourth-order valence-electron chi connectivity index (χ4n) is 3.19. The standard InChI is InChI=1S/C24H23F3N4O2/c1-15-3-4-17(12-29-15)9-10-28-24(33)19-5-7-21(30-13-19)18-6-8-22(20(25)11-18)31(16(2)32)14-23(26)27/h3-8,11-13,23H,9-10,14H2,1-2H3,(H,28,33). The minimum Gasteiger partial charge on any atom is -0.352 e. The number of hydrogen-bond donors (Lipinski definition) is 1. The molecule has 0 saturated carbocycles. The van der Waals surface area contributed by atoms with Crippen LogP contribution in [0.2, 0.25) is 0 Å². The largest absolute Gasteiger partial charge is 0.352 e.